The van der Waals surface area contributed by atoms with Gasteiger partial charge in [0.05, 0.1) is 0 Å². The van der Waals surface area contributed by atoms with E-state index in [2.05, 4.69) is 10.6 Å². The largest absolute Gasteiger partial charge is 0.355 e. The Morgan fingerprint density at radius 2 is 1.68 bits per heavy atom. The van der Waals surface area contributed by atoms with Crippen LogP contribution >= 0.6 is 0 Å². The lowest BCUT2D eigenvalue weighted by Gasteiger charge is -2.39. The van der Waals surface area contributed by atoms with E-state index in [1.54, 1.807) is 0 Å². The molecule has 1 amide bonds. The Labute approximate surface area is 116 Å². The van der Waals surface area contributed by atoms with Gasteiger partial charge in [0.15, 0.2) is 0 Å². The van der Waals surface area contributed by atoms with E-state index in [4.69, 9.17) is 0 Å². The van der Waals surface area contributed by atoms with E-state index in [1.165, 1.54) is 44.9 Å². The topological polar surface area (TPSA) is 41.1 Å². The molecule has 0 spiro atoms. The molecule has 3 nitrogen and oxygen atoms in total. The van der Waals surface area contributed by atoms with Crippen LogP contribution in [0.1, 0.15) is 57.8 Å². The second kappa shape index (κ2) is 6.25. The number of hydrogen-bond acceptors (Lipinski definition) is 2. The molecular weight excluding hydrogens is 236 g/mol. The summed E-state index contributed by atoms with van der Waals surface area (Å²) in [5, 5.41) is 6.69. The molecule has 2 N–H and O–H groups in total. The highest BCUT2D eigenvalue weighted by Gasteiger charge is 2.32. The van der Waals surface area contributed by atoms with Crippen molar-refractivity contribution < 1.29 is 4.79 Å². The van der Waals surface area contributed by atoms with Crippen LogP contribution in [0.15, 0.2) is 0 Å². The maximum atomic E-state index is 11.5. The van der Waals surface area contributed by atoms with Gasteiger partial charge in [-0.05, 0) is 43.9 Å². The van der Waals surface area contributed by atoms with Crippen molar-refractivity contribution >= 4 is 5.91 Å². The third kappa shape index (κ3) is 3.71. The highest BCUT2D eigenvalue weighted by molar-refractivity contribution is 5.80. The van der Waals surface area contributed by atoms with Crippen LogP contribution in [0, 0.1) is 17.8 Å². The molecule has 3 unspecified atom stereocenters. The number of amides is 1. The van der Waals surface area contributed by atoms with Gasteiger partial charge >= 0.3 is 0 Å². The fourth-order valence-corrected chi connectivity index (χ4v) is 4.01. The summed E-state index contributed by atoms with van der Waals surface area (Å²) < 4.78 is 0. The second-order valence-electron chi connectivity index (χ2n) is 6.83. The normalized spacial score (nSPS) is 34.6. The van der Waals surface area contributed by atoms with Gasteiger partial charge in [-0.2, -0.15) is 0 Å². The Bertz CT molecular complexity index is 314. The smallest absolute Gasteiger partial charge is 0.223 e. The molecule has 3 heteroatoms. The Morgan fingerprint density at radius 1 is 0.895 bits per heavy atom. The molecule has 19 heavy (non-hydrogen) atoms. The standard InChI is InChI=1S/C16H28N2O/c19-16(13-5-6-13)18-10-9-17-15-8-7-12-3-1-2-4-14(12)11-15/h12-15,17H,1-11H2,(H,18,19). The van der Waals surface area contributed by atoms with Crippen LogP contribution in [0.2, 0.25) is 0 Å². The molecule has 0 radical (unpaired) electrons. The van der Waals surface area contributed by atoms with Gasteiger partial charge in [0.25, 0.3) is 0 Å². The number of rotatable bonds is 5. The third-order valence-electron chi connectivity index (χ3n) is 5.35. The lowest BCUT2D eigenvalue weighted by molar-refractivity contribution is -0.122. The van der Waals surface area contributed by atoms with Crippen LogP contribution in [0.25, 0.3) is 0 Å². The first-order valence-electron chi connectivity index (χ1n) is 8.34. The van der Waals surface area contributed by atoms with Gasteiger partial charge in [-0.25, -0.2) is 0 Å². The Hall–Kier alpha value is -0.570. The number of hydrogen-bond donors (Lipinski definition) is 2. The summed E-state index contributed by atoms with van der Waals surface area (Å²) in [7, 11) is 0. The van der Waals surface area contributed by atoms with Crippen molar-refractivity contribution in [3.8, 4) is 0 Å². The van der Waals surface area contributed by atoms with Gasteiger partial charge in [-0.15, -0.1) is 0 Å². The molecule has 108 valence electrons. The lowest BCUT2D eigenvalue weighted by Crippen LogP contribution is -2.42. The van der Waals surface area contributed by atoms with Crippen LogP contribution in [0.3, 0.4) is 0 Å². The number of fused-ring (bicyclic) bond motifs is 1. The van der Waals surface area contributed by atoms with Crippen molar-refractivity contribution in [1.82, 2.24) is 10.6 Å². The molecule has 0 bridgehead atoms. The van der Waals surface area contributed by atoms with Gasteiger partial charge < -0.3 is 10.6 Å². The average molecular weight is 264 g/mol. The maximum Gasteiger partial charge on any atom is 0.223 e. The molecule has 3 aliphatic rings. The lowest BCUT2D eigenvalue weighted by atomic mass is 9.69. The minimum Gasteiger partial charge on any atom is -0.355 e. The summed E-state index contributed by atoms with van der Waals surface area (Å²) in [6.45, 7) is 1.75. The van der Waals surface area contributed by atoms with Gasteiger partial charge in [-0.1, -0.05) is 25.7 Å². The quantitative estimate of drug-likeness (QED) is 0.749. The average Bonchev–Trinajstić information content (AvgIpc) is 3.28. The van der Waals surface area contributed by atoms with Crippen LogP contribution in [0.5, 0.6) is 0 Å². The predicted octanol–water partition coefficient (Wildman–Crippen LogP) is 2.46. The number of carbonyl (C=O) groups excluding carboxylic acids is 1. The van der Waals surface area contributed by atoms with Crippen LogP contribution in [0.4, 0.5) is 0 Å². The zero-order valence-electron chi connectivity index (χ0n) is 12.0. The van der Waals surface area contributed by atoms with Crippen molar-refractivity contribution in [2.24, 2.45) is 17.8 Å². The highest BCUT2D eigenvalue weighted by atomic mass is 16.2. The molecule has 3 aliphatic carbocycles. The molecule has 3 saturated carbocycles. The van der Waals surface area contributed by atoms with E-state index >= 15 is 0 Å². The van der Waals surface area contributed by atoms with E-state index < -0.39 is 0 Å². The van der Waals surface area contributed by atoms with E-state index in [0.29, 0.717) is 12.0 Å². The van der Waals surface area contributed by atoms with Crippen molar-refractivity contribution in [2.45, 2.75) is 63.8 Å². The van der Waals surface area contributed by atoms with E-state index in [1.807, 2.05) is 0 Å². The molecule has 3 rings (SSSR count). The predicted molar refractivity (Wildman–Crippen MR) is 76.8 cm³/mol. The number of nitrogens with one attached hydrogen (secondary N) is 2. The first kappa shape index (κ1) is 13.4. The first-order chi connectivity index (χ1) is 9.33. The Balaban J connectivity index is 1.31. The van der Waals surface area contributed by atoms with Crippen LogP contribution in [-0.4, -0.2) is 25.0 Å². The first-order valence-corrected chi connectivity index (χ1v) is 8.34. The SMILES string of the molecule is O=C(NCCNC1CCC2CCCCC2C1)C1CC1. The molecule has 3 fully saturated rings. The van der Waals surface area contributed by atoms with Gasteiger partial charge in [0, 0.05) is 25.0 Å². The van der Waals surface area contributed by atoms with Gasteiger partial charge in [-0.3, -0.25) is 4.79 Å². The summed E-state index contributed by atoms with van der Waals surface area (Å²) in [4.78, 5) is 11.5. The van der Waals surface area contributed by atoms with Gasteiger partial charge in [0.2, 0.25) is 5.91 Å². The van der Waals surface area contributed by atoms with Gasteiger partial charge in [0.1, 0.15) is 0 Å². The van der Waals surface area contributed by atoms with Crippen molar-refractivity contribution in [2.75, 3.05) is 13.1 Å². The molecule has 0 heterocycles. The fraction of sp³-hybridized carbons (Fsp3) is 0.938. The Kier molecular flexibility index (Phi) is 4.42. The summed E-state index contributed by atoms with van der Waals surface area (Å²) in [5.41, 5.74) is 0. The van der Waals surface area contributed by atoms with Crippen LogP contribution < -0.4 is 10.6 Å². The second-order valence-corrected chi connectivity index (χ2v) is 6.83. The highest BCUT2D eigenvalue weighted by Crippen LogP contribution is 2.40. The maximum absolute atomic E-state index is 11.5. The molecule has 0 aromatic heterocycles. The molecule has 0 aliphatic heterocycles. The minimum absolute atomic E-state index is 0.276. The van der Waals surface area contributed by atoms with Crippen LogP contribution in [-0.2, 0) is 4.79 Å². The van der Waals surface area contributed by atoms with E-state index in [9.17, 15) is 4.79 Å². The molecule has 0 aromatic rings. The number of carbonyl (C=O) groups is 1. The molecule has 3 atom stereocenters. The zero-order valence-corrected chi connectivity index (χ0v) is 12.0. The summed E-state index contributed by atoms with van der Waals surface area (Å²) in [5.74, 6) is 2.64. The van der Waals surface area contributed by atoms with Crippen molar-refractivity contribution in [3.05, 3.63) is 0 Å². The Morgan fingerprint density at radius 3 is 2.47 bits per heavy atom. The van der Waals surface area contributed by atoms with Crippen molar-refractivity contribution in [3.63, 3.8) is 0 Å². The summed E-state index contributed by atoms with van der Waals surface area (Å²) in [6, 6.07) is 0.706. The molecule has 0 saturated heterocycles. The summed E-state index contributed by atoms with van der Waals surface area (Å²) in [6.07, 6.45) is 12.2. The van der Waals surface area contributed by atoms with E-state index in [0.717, 1.165) is 37.8 Å². The fourth-order valence-electron chi connectivity index (χ4n) is 4.01. The zero-order chi connectivity index (χ0) is 13.1. The molecular formula is C16H28N2O. The monoisotopic (exact) mass is 264 g/mol. The molecule has 0 aromatic carbocycles. The third-order valence-corrected chi connectivity index (χ3v) is 5.35. The van der Waals surface area contributed by atoms with E-state index in [-0.39, 0.29) is 5.91 Å². The minimum atomic E-state index is 0.276. The summed E-state index contributed by atoms with van der Waals surface area (Å²) >= 11 is 0. The van der Waals surface area contributed by atoms with Crippen molar-refractivity contribution in [1.29, 1.82) is 0 Å².